The maximum atomic E-state index is 13.4. The molecule has 6 rings (SSSR count). The molecule has 1 aromatic heterocycles. The molecular formula is C22H26N2O2. The summed E-state index contributed by atoms with van der Waals surface area (Å²) in [4.78, 5) is 19.5. The summed E-state index contributed by atoms with van der Waals surface area (Å²) in [5.41, 5.74) is 4.15. The third-order valence-electron chi connectivity index (χ3n) is 7.22. The fraction of sp³-hybridized carbons (Fsp3) is 0.500. The SMILES string of the molecule is C=C1C2CC(CC)C3N1CCc1c([nH]c4ccccc14)C3(C(=O)OC)C2. The number of para-hydroxylation sites is 1. The van der Waals surface area contributed by atoms with Gasteiger partial charge in [-0.1, -0.05) is 38.1 Å². The fourth-order valence-corrected chi connectivity index (χ4v) is 6.16. The first-order valence-electron chi connectivity index (χ1n) is 9.75. The second kappa shape index (κ2) is 5.38. The fourth-order valence-electron chi connectivity index (χ4n) is 6.16. The summed E-state index contributed by atoms with van der Waals surface area (Å²) in [6.07, 6.45) is 3.98. The molecule has 3 aliphatic heterocycles. The number of benzene rings is 1. The second-order valence-electron chi connectivity index (χ2n) is 8.17. The van der Waals surface area contributed by atoms with Crippen molar-refractivity contribution in [1.82, 2.24) is 9.88 Å². The molecule has 3 fully saturated rings. The zero-order valence-corrected chi connectivity index (χ0v) is 15.5. The molecule has 4 unspecified atom stereocenters. The van der Waals surface area contributed by atoms with Crippen molar-refractivity contribution >= 4 is 16.9 Å². The van der Waals surface area contributed by atoms with E-state index in [1.807, 2.05) is 0 Å². The van der Waals surface area contributed by atoms with Crippen molar-refractivity contribution in [3.8, 4) is 0 Å². The number of methoxy groups -OCH3 is 1. The minimum atomic E-state index is -0.607. The molecule has 136 valence electrons. The number of hydrogen-bond donors (Lipinski definition) is 1. The van der Waals surface area contributed by atoms with Gasteiger partial charge in [0, 0.05) is 34.8 Å². The number of allylic oxidation sites excluding steroid dienone is 1. The monoisotopic (exact) mass is 350 g/mol. The number of hydrogen-bond acceptors (Lipinski definition) is 3. The first-order valence-corrected chi connectivity index (χ1v) is 9.75. The van der Waals surface area contributed by atoms with Crippen molar-refractivity contribution in [1.29, 1.82) is 0 Å². The molecule has 1 aliphatic carbocycles. The van der Waals surface area contributed by atoms with Crippen molar-refractivity contribution in [2.75, 3.05) is 13.7 Å². The summed E-state index contributed by atoms with van der Waals surface area (Å²) >= 11 is 0. The van der Waals surface area contributed by atoms with Gasteiger partial charge in [0.1, 0.15) is 5.41 Å². The van der Waals surface area contributed by atoms with Gasteiger partial charge >= 0.3 is 5.97 Å². The Morgan fingerprint density at radius 1 is 1.42 bits per heavy atom. The van der Waals surface area contributed by atoms with Crippen LogP contribution in [-0.4, -0.2) is 35.5 Å². The Hall–Kier alpha value is -2.23. The van der Waals surface area contributed by atoms with E-state index in [9.17, 15) is 4.79 Å². The van der Waals surface area contributed by atoms with E-state index in [2.05, 4.69) is 47.7 Å². The number of rotatable bonds is 2. The van der Waals surface area contributed by atoms with E-state index in [1.165, 1.54) is 23.8 Å². The molecule has 0 spiro atoms. The Morgan fingerprint density at radius 3 is 3.00 bits per heavy atom. The molecule has 4 nitrogen and oxygen atoms in total. The molecule has 4 aliphatic rings. The molecule has 4 bridgehead atoms. The van der Waals surface area contributed by atoms with Crippen LogP contribution in [0.3, 0.4) is 0 Å². The van der Waals surface area contributed by atoms with Crippen LogP contribution in [0.4, 0.5) is 0 Å². The number of carbonyl (C=O) groups is 1. The highest BCUT2D eigenvalue weighted by Gasteiger charge is 2.63. The van der Waals surface area contributed by atoms with E-state index < -0.39 is 5.41 Å². The van der Waals surface area contributed by atoms with Gasteiger partial charge in [-0.05, 0) is 36.8 Å². The smallest absolute Gasteiger partial charge is 0.319 e. The normalized spacial score (nSPS) is 32.5. The number of piperidine rings is 2. The lowest BCUT2D eigenvalue weighted by Gasteiger charge is -2.59. The molecule has 4 heterocycles. The van der Waals surface area contributed by atoms with Gasteiger partial charge < -0.3 is 14.6 Å². The van der Waals surface area contributed by atoms with Crippen LogP contribution in [0.25, 0.3) is 10.9 Å². The number of nitrogens with one attached hydrogen (secondary N) is 1. The summed E-state index contributed by atoms with van der Waals surface area (Å²) in [5, 5.41) is 1.24. The van der Waals surface area contributed by atoms with Crippen LogP contribution < -0.4 is 0 Å². The highest BCUT2D eigenvalue weighted by molar-refractivity contribution is 5.91. The van der Waals surface area contributed by atoms with E-state index in [0.717, 1.165) is 43.4 Å². The lowest BCUT2D eigenvalue weighted by molar-refractivity contribution is -0.158. The molecule has 2 aromatic rings. The van der Waals surface area contributed by atoms with Crippen LogP contribution in [0.5, 0.6) is 0 Å². The van der Waals surface area contributed by atoms with Crippen LogP contribution in [0.15, 0.2) is 36.5 Å². The average Bonchev–Trinajstić information content (AvgIpc) is 3.00. The van der Waals surface area contributed by atoms with Crippen molar-refractivity contribution in [3.63, 3.8) is 0 Å². The van der Waals surface area contributed by atoms with Gasteiger partial charge in [-0.3, -0.25) is 4.79 Å². The van der Waals surface area contributed by atoms with E-state index in [1.54, 1.807) is 0 Å². The lowest BCUT2D eigenvalue weighted by Crippen LogP contribution is -2.66. The number of aromatic nitrogens is 1. The van der Waals surface area contributed by atoms with Crippen molar-refractivity contribution in [2.24, 2.45) is 11.8 Å². The van der Waals surface area contributed by atoms with E-state index in [-0.39, 0.29) is 12.0 Å². The number of aromatic amines is 1. The van der Waals surface area contributed by atoms with Gasteiger partial charge in [0.2, 0.25) is 0 Å². The molecule has 1 saturated carbocycles. The van der Waals surface area contributed by atoms with Gasteiger partial charge in [0.15, 0.2) is 0 Å². The molecule has 2 saturated heterocycles. The summed E-state index contributed by atoms with van der Waals surface area (Å²) in [7, 11) is 1.53. The number of H-pyrrole nitrogens is 1. The van der Waals surface area contributed by atoms with Gasteiger partial charge in [0.05, 0.1) is 13.2 Å². The van der Waals surface area contributed by atoms with Gasteiger partial charge in [-0.15, -0.1) is 0 Å². The molecule has 1 aromatic carbocycles. The topological polar surface area (TPSA) is 45.3 Å². The summed E-state index contributed by atoms with van der Waals surface area (Å²) in [6, 6.07) is 8.57. The third kappa shape index (κ3) is 1.77. The van der Waals surface area contributed by atoms with Crippen molar-refractivity contribution < 1.29 is 9.53 Å². The minimum Gasteiger partial charge on any atom is -0.468 e. The molecule has 1 N–H and O–H groups in total. The van der Waals surface area contributed by atoms with E-state index in [4.69, 9.17) is 4.74 Å². The number of nitrogens with zero attached hydrogens (tertiary/aromatic N) is 1. The van der Waals surface area contributed by atoms with Crippen molar-refractivity contribution in [2.45, 2.75) is 44.1 Å². The Kier molecular flexibility index (Phi) is 3.31. The van der Waals surface area contributed by atoms with Gasteiger partial charge in [-0.25, -0.2) is 0 Å². The number of carbonyl (C=O) groups excluding carboxylic acids is 1. The highest BCUT2D eigenvalue weighted by Crippen LogP contribution is 2.58. The average molecular weight is 350 g/mol. The van der Waals surface area contributed by atoms with Crippen LogP contribution in [0.2, 0.25) is 0 Å². The van der Waals surface area contributed by atoms with Gasteiger partial charge in [0.25, 0.3) is 0 Å². The number of esters is 1. The first kappa shape index (κ1) is 16.0. The Labute approximate surface area is 154 Å². The van der Waals surface area contributed by atoms with Crippen LogP contribution >= 0.6 is 0 Å². The molecular weight excluding hydrogens is 324 g/mol. The minimum absolute atomic E-state index is 0.0853. The zero-order chi connectivity index (χ0) is 18.1. The van der Waals surface area contributed by atoms with E-state index >= 15 is 0 Å². The Morgan fingerprint density at radius 2 is 2.23 bits per heavy atom. The van der Waals surface area contributed by atoms with Gasteiger partial charge in [-0.2, -0.15) is 0 Å². The highest BCUT2D eigenvalue weighted by atomic mass is 16.5. The quantitative estimate of drug-likeness (QED) is 0.839. The maximum Gasteiger partial charge on any atom is 0.319 e. The molecule has 0 radical (unpaired) electrons. The lowest BCUT2D eigenvalue weighted by atomic mass is 9.55. The van der Waals surface area contributed by atoms with Crippen LogP contribution in [0.1, 0.15) is 37.4 Å². The number of fused-ring (bicyclic) bond motifs is 4. The van der Waals surface area contributed by atoms with Crippen LogP contribution in [-0.2, 0) is 21.4 Å². The summed E-state index contributed by atoms with van der Waals surface area (Å²) in [5.74, 6) is 0.773. The predicted molar refractivity (Wildman–Crippen MR) is 102 cm³/mol. The first-order chi connectivity index (χ1) is 12.6. The Bertz CT molecular complexity index is 914. The molecule has 4 heteroatoms. The summed E-state index contributed by atoms with van der Waals surface area (Å²) in [6.45, 7) is 7.60. The molecule has 26 heavy (non-hydrogen) atoms. The second-order valence-corrected chi connectivity index (χ2v) is 8.17. The Balaban J connectivity index is 1.83. The predicted octanol–water partition coefficient (Wildman–Crippen LogP) is 3.77. The van der Waals surface area contributed by atoms with Crippen molar-refractivity contribution in [3.05, 3.63) is 47.8 Å². The molecule has 4 atom stereocenters. The molecule has 0 amide bonds. The van der Waals surface area contributed by atoms with Crippen LogP contribution in [0, 0.1) is 11.8 Å². The summed E-state index contributed by atoms with van der Waals surface area (Å²) < 4.78 is 5.44. The zero-order valence-electron chi connectivity index (χ0n) is 15.5. The standard InChI is InChI=1S/C22H26N2O2/c1-4-14-11-15-12-22(21(25)26-3)19-17(9-10-24(13(15)2)20(14)22)16-7-5-6-8-18(16)23-19/h5-8,14-15,20,23H,2,4,9-12H2,1,3H3. The largest absolute Gasteiger partial charge is 0.468 e. The third-order valence-corrected chi connectivity index (χ3v) is 7.22. The maximum absolute atomic E-state index is 13.4. The number of ether oxygens (including phenoxy) is 1. The van der Waals surface area contributed by atoms with E-state index in [0.29, 0.717) is 11.8 Å².